The lowest BCUT2D eigenvalue weighted by Gasteiger charge is -2.32. The first-order valence-electron chi connectivity index (χ1n) is 7.83. The highest BCUT2D eigenvalue weighted by Gasteiger charge is 2.30. The third-order valence-electron chi connectivity index (χ3n) is 3.62. The molecule has 0 saturated heterocycles. The van der Waals surface area contributed by atoms with Gasteiger partial charge in [0.25, 0.3) is 0 Å². The average Bonchev–Trinajstić information content (AvgIpc) is 2.51. The first-order valence-corrected chi connectivity index (χ1v) is 7.83. The number of amides is 1. The van der Waals surface area contributed by atoms with Crippen LogP contribution in [0.2, 0.25) is 0 Å². The Morgan fingerprint density at radius 3 is 2.55 bits per heavy atom. The lowest BCUT2D eigenvalue weighted by molar-refractivity contribution is -0.160. The Morgan fingerprint density at radius 1 is 1.32 bits per heavy atom. The molecule has 0 saturated carbocycles. The molecule has 0 fully saturated rings. The van der Waals surface area contributed by atoms with Crippen LogP contribution >= 0.6 is 0 Å². The summed E-state index contributed by atoms with van der Waals surface area (Å²) in [7, 11) is 1.63. The quantitative estimate of drug-likeness (QED) is 0.559. The van der Waals surface area contributed by atoms with Gasteiger partial charge >= 0.3 is 11.9 Å². The fraction of sp³-hybridized carbons (Fsp3) is 0.647. The van der Waals surface area contributed by atoms with Gasteiger partial charge in [-0.3, -0.25) is 4.79 Å². The second kappa shape index (κ2) is 8.61. The van der Waals surface area contributed by atoms with E-state index in [1.165, 1.54) is 0 Å². The van der Waals surface area contributed by atoms with Gasteiger partial charge in [-0.15, -0.1) is 0 Å². The molecule has 1 aliphatic carbocycles. The van der Waals surface area contributed by atoms with E-state index in [0.29, 0.717) is 6.54 Å². The predicted molar refractivity (Wildman–Crippen MR) is 85.1 cm³/mol. The molecule has 1 aliphatic rings. The van der Waals surface area contributed by atoms with E-state index in [-0.39, 0.29) is 18.6 Å². The summed E-state index contributed by atoms with van der Waals surface area (Å²) in [5.74, 6) is -0.282. The van der Waals surface area contributed by atoms with E-state index in [0.717, 1.165) is 24.2 Å². The average molecular weight is 309 g/mol. The summed E-state index contributed by atoms with van der Waals surface area (Å²) in [5, 5.41) is 0. The predicted octanol–water partition coefficient (Wildman–Crippen LogP) is 2.67. The molecule has 5 nitrogen and oxygen atoms in total. The van der Waals surface area contributed by atoms with Gasteiger partial charge in [0.15, 0.2) is 0 Å². The van der Waals surface area contributed by atoms with Gasteiger partial charge in [0.05, 0.1) is 19.8 Å². The maximum absolute atomic E-state index is 12.4. The van der Waals surface area contributed by atoms with Crippen molar-refractivity contribution in [1.82, 2.24) is 4.90 Å². The molecule has 0 N–H and O–H groups in total. The summed E-state index contributed by atoms with van der Waals surface area (Å²) in [6.45, 7) is 8.41. The molecule has 1 amide bonds. The Hall–Kier alpha value is -1.78. The minimum absolute atomic E-state index is 0.154. The molecule has 0 aromatic carbocycles. The van der Waals surface area contributed by atoms with E-state index in [2.05, 4.69) is 0 Å². The molecule has 0 spiro atoms. The van der Waals surface area contributed by atoms with Crippen LogP contribution in [-0.4, -0.2) is 43.1 Å². The van der Waals surface area contributed by atoms with Crippen molar-refractivity contribution in [1.29, 1.82) is 0 Å². The largest absolute Gasteiger partial charge is 0.497 e. The van der Waals surface area contributed by atoms with Crippen LogP contribution < -0.4 is 0 Å². The van der Waals surface area contributed by atoms with Crippen LogP contribution in [0.3, 0.4) is 0 Å². The summed E-state index contributed by atoms with van der Waals surface area (Å²) in [6.07, 6.45) is 5.72. The third-order valence-corrected chi connectivity index (χ3v) is 3.62. The van der Waals surface area contributed by atoms with E-state index in [9.17, 15) is 9.59 Å². The van der Waals surface area contributed by atoms with Crippen LogP contribution in [0.15, 0.2) is 23.5 Å². The highest BCUT2D eigenvalue weighted by atomic mass is 16.5. The number of hydrogen-bond donors (Lipinski definition) is 0. The number of carbonyl (C=O) groups excluding carboxylic acids is 2. The van der Waals surface area contributed by atoms with E-state index in [1.807, 2.05) is 32.9 Å². The summed E-state index contributed by atoms with van der Waals surface area (Å²) in [5.41, 5.74) is 1.10. The van der Waals surface area contributed by atoms with Gasteiger partial charge in [0.2, 0.25) is 0 Å². The number of carbonyl (C=O) groups is 2. The van der Waals surface area contributed by atoms with Crippen LogP contribution in [0, 0.1) is 5.92 Å². The molecular weight excluding hydrogens is 282 g/mol. The Balaban J connectivity index is 2.96. The van der Waals surface area contributed by atoms with E-state index in [1.54, 1.807) is 18.9 Å². The molecule has 22 heavy (non-hydrogen) atoms. The van der Waals surface area contributed by atoms with Crippen molar-refractivity contribution >= 4 is 11.9 Å². The van der Waals surface area contributed by atoms with Gasteiger partial charge in [-0.2, -0.15) is 0 Å². The maximum Gasteiger partial charge on any atom is 0.397 e. The van der Waals surface area contributed by atoms with Crippen molar-refractivity contribution in [3.63, 3.8) is 0 Å². The highest BCUT2D eigenvalue weighted by molar-refractivity contribution is 6.32. The van der Waals surface area contributed by atoms with Crippen molar-refractivity contribution in [3.8, 4) is 0 Å². The van der Waals surface area contributed by atoms with Crippen LogP contribution in [0.25, 0.3) is 0 Å². The minimum Gasteiger partial charge on any atom is -0.497 e. The lowest BCUT2D eigenvalue weighted by Crippen LogP contribution is -2.46. The van der Waals surface area contributed by atoms with Gasteiger partial charge in [-0.1, -0.05) is 13.8 Å². The van der Waals surface area contributed by atoms with Crippen LogP contribution in [0.5, 0.6) is 0 Å². The molecule has 0 aliphatic heterocycles. The van der Waals surface area contributed by atoms with Crippen molar-refractivity contribution in [2.45, 2.75) is 46.6 Å². The van der Waals surface area contributed by atoms with Gasteiger partial charge < -0.3 is 14.4 Å². The van der Waals surface area contributed by atoms with Crippen molar-refractivity contribution in [3.05, 3.63) is 23.5 Å². The van der Waals surface area contributed by atoms with E-state index in [4.69, 9.17) is 9.47 Å². The number of hydrogen-bond acceptors (Lipinski definition) is 4. The molecule has 0 bridgehead atoms. The molecule has 1 rings (SSSR count). The molecule has 124 valence electrons. The Bertz CT molecular complexity index is 465. The summed E-state index contributed by atoms with van der Waals surface area (Å²) < 4.78 is 10.1. The number of rotatable bonds is 6. The smallest absolute Gasteiger partial charge is 0.397 e. The van der Waals surface area contributed by atoms with Crippen molar-refractivity contribution < 1.29 is 19.1 Å². The Morgan fingerprint density at radius 2 is 2.00 bits per heavy atom. The third kappa shape index (κ3) is 4.90. The van der Waals surface area contributed by atoms with Gasteiger partial charge in [-0.25, -0.2) is 4.79 Å². The fourth-order valence-electron chi connectivity index (χ4n) is 2.49. The second-order valence-corrected chi connectivity index (χ2v) is 5.82. The first kappa shape index (κ1) is 18.3. The maximum atomic E-state index is 12.4. The summed E-state index contributed by atoms with van der Waals surface area (Å²) >= 11 is 0. The van der Waals surface area contributed by atoms with Crippen molar-refractivity contribution in [2.75, 3.05) is 20.3 Å². The zero-order chi connectivity index (χ0) is 16.7. The molecule has 1 atom stereocenters. The normalized spacial score (nSPS) is 15.7. The van der Waals surface area contributed by atoms with E-state index >= 15 is 0 Å². The van der Waals surface area contributed by atoms with Crippen LogP contribution in [0.1, 0.15) is 40.5 Å². The number of ether oxygens (including phenoxy) is 2. The summed E-state index contributed by atoms with van der Waals surface area (Å²) in [6, 6.07) is -0.154. The SMILES string of the molecule is CCOC(=O)C(=O)N(CC(C)C)[C@H](C)C1=CC(OC)=CCC1. The minimum atomic E-state index is -0.783. The first-order chi connectivity index (χ1) is 10.4. The van der Waals surface area contributed by atoms with Crippen LogP contribution in [0.4, 0.5) is 0 Å². The molecule has 0 radical (unpaired) electrons. The summed E-state index contributed by atoms with van der Waals surface area (Å²) in [4.78, 5) is 25.8. The fourth-order valence-corrected chi connectivity index (χ4v) is 2.49. The zero-order valence-electron chi connectivity index (χ0n) is 14.2. The standard InChI is InChI=1S/C17H27NO4/c1-6-22-17(20)16(19)18(11-12(2)3)13(4)14-8-7-9-15(10-14)21-5/h9-10,12-13H,6-8,11H2,1-5H3/t13-/m1/s1. The molecule has 0 unspecified atom stereocenters. The second-order valence-electron chi connectivity index (χ2n) is 5.82. The monoisotopic (exact) mass is 309 g/mol. The molecule has 0 aromatic heterocycles. The number of methoxy groups -OCH3 is 1. The Labute approximate surface area is 133 Å². The van der Waals surface area contributed by atoms with Crippen LogP contribution in [-0.2, 0) is 19.1 Å². The van der Waals surface area contributed by atoms with Gasteiger partial charge in [0, 0.05) is 6.54 Å². The zero-order valence-corrected chi connectivity index (χ0v) is 14.2. The number of allylic oxidation sites excluding steroid dienone is 2. The number of esters is 1. The van der Waals surface area contributed by atoms with Crippen molar-refractivity contribution in [2.24, 2.45) is 5.92 Å². The lowest BCUT2D eigenvalue weighted by atomic mass is 9.96. The van der Waals surface area contributed by atoms with Gasteiger partial charge in [-0.05, 0) is 50.3 Å². The molecule has 0 aromatic rings. The molecular formula is C17H27NO4. The van der Waals surface area contributed by atoms with E-state index < -0.39 is 11.9 Å². The van der Waals surface area contributed by atoms with Gasteiger partial charge in [0.1, 0.15) is 5.76 Å². The Kier molecular flexibility index (Phi) is 7.15. The topological polar surface area (TPSA) is 55.8 Å². The number of nitrogens with zero attached hydrogens (tertiary/aromatic N) is 1. The molecule has 5 heteroatoms. The highest BCUT2D eigenvalue weighted by Crippen LogP contribution is 2.24. The molecule has 0 heterocycles.